The fourth-order valence-electron chi connectivity index (χ4n) is 2.65. The maximum Gasteiger partial charge on any atom is 0.254 e. The highest BCUT2D eigenvalue weighted by Crippen LogP contribution is 2.09. The summed E-state index contributed by atoms with van der Waals surface area (Å²) in [6, 6.07) is 7.46. The van der Waals surface area contributed by atoms with Crippen molar-refractivity contribution in [1.82, 2.24) is 20.9 Å². The van der Waals surface area contributed by atoms with Gasteiger partial charge in [0.15, 0.2) is 5.96 Å². The highest BCUT2D eigenvalue weighted by Gasteiger charge is 2.22. The number of piperazine rings is 1. The van der Waals surface area contributed by atoms with Crippen molar-refractivity contribution in [1.29, 1.82) is 0 Å². The van der Waals surface area contributed by atoms with Gasteiger partial charge in [0.1, 0.15) is 0 Å². The molecule has 1 fully saturated rings. The second kappa shape index (κ2) is 9.79. The predicted octanol–water partition coefficient (Wildman–Crippen LogP) is 0.970. The quantitative estimate of drug-likeness (QED) is 0.522. The van der Waals surface area contributed by atoms with Crippen molar-refractivity contribution in [2.45, 2.75) is 26.8 Å². The lowest BCUT2D eigenvalue weighted by Crippen LogP contribution is -2.49. The summed E-state index contributed by atoms with van der Waals surface area (Å²) in [7, 11) is 1.75. The first-order valence-electron chi connectivity index (χ1n) is 9.09. The highest BCUT2D eigenvalue weighted by molar-refractivity contribution is 5.97. The molecule has 0 saturated carbocycles. The molecule has 1 heterocycles. The Kier molecular flexibility index (Phi) is 7.44. The maximum absolute atomic E-state index is 12.4. The third-order valence-corrected chi connectivity index (χ3v) is 4.22. The van der Waals surface area contributed by atoms with Gasteiger partial charge in [-0.2, -0.15) is 0 Å². The number of carbonyl (C=O) groups excluding carboxylic acids is 2. The van der Waals surface area contributed by atoms with Crippen molar-refractivity contribution in [3.8, 4) is 0 Å². The van der Waals surface area contributed by atoms with Crippen LogP contribution >= 0.6 is 0 Å². The van der Waals surface area contributed by atoms with E-state index >= 15 is 0 Å². The monoisotopic (exact) mass is 359 g/mol. The number of guanidine groups is 1. The molecule has 1 aliphatic rings. The second-order valence-corrected chi connectivity index (χ2v) is 6.81. The summed E-state index contributed by atoms with van der Waals surface area (Å²) in [5.41, 5.74) is 1.66. The van der Waals surface area contributed by atoms with Crippen LogP contribution in [0.1, 0.15) is 36.2 Å². The molecule has 0 bridgehead atoms. The molecule has 142 valence electrons. The van der Waals surface area contributed by atoms with E-state index in [-0.39, 0.29) is 18.4 Å². The largest absolute Gasteiger partial charge is 0.356 e. The molecule has 1 aliphatic heterocycles. The highest BCUT2D eigenvalue weighted by atomic mass is 16.2. The van der Waals surface area contributed by atoms with E-state index in [1.807, 2.05) is 12.1 Å². The molecule has 3 N–H and O–H groups in total. The minimum absolute atomic E-state index is 0.106. The van der Waals surface area contributed by atoms with E-state index in [1.165, 1.54) is 0 Å². The molecular formula is C19H29N5O2. The number of nitrogens with zero attached hydrogens (tertiary/aromatic N) is 2. The van der Waals surface area contributed by atoms with Crippen LogP contribution in [0.25, 0.3) is 0 Å². The van der Waals surface area contributed by atoms with Crippen molar-refractivity contribution in [3.63, 3.8) is 0 Å². The normalized spacial score (nSPS) is 15.0. The van der Waals surface area contributed by atoms with Gasteiger partial charge in [0.05, 0.1) is 6.54 Å². The molecule has 2 amide bonds. The Labute approximate surface area is 155 Å². The molecule has 0 aliphatic carbocycles. The van der Waals surface area contributed by atoms with Gasteiger partial charge in [-0.05, 0) is 30.0 Å². The Balaban J connectivity index is 1.84. The van der Waals surface area contributed by atoms with E-state index in [4.69, 9.17) is 0 Å². The van der Waals surface area contributed by atoms with Crippen LogP contribution in [0.4, 0.5) is 0 Å². The molecule has 2 rings (SSSR count). The van der Waals surface area contributed by atoms with Crippen LogP contribution in [-0.4, -0.2) is 55.9 Å². The smallest absolute Gasteiger partial charge is 0.254 e. The molecule has 0 atom stereocenters. The summed E-state index contributed by atoms with van der Waals surface area (Å²) >= 11 is 0. The summed E-state index contributed by atoms with van der Waals surface area (Å²) in [6.45, 7) is 7.08. The van der Waals surface area contributed by atoms with Crippen LogP contribution in [0.15, 0.2) is 29.3 Å². The number of aliphatic imine (C=N–C) groups is 1. The average Bonchev–Trinajstić information content (AvgIpc) is 2.64. The third kappa shape index (κ3) is 6.06. The zero-order valence-electron chi connectivity index (χ0n) is 15.8. The Morgan fingerprint density at radius 3 is 2.62 bits per heavy atom. The molecule has 0 radical (unpaired) electrons. The summed E-state index contributed by atoms with van der Waals surface area (Å²) in [5, 5.41) is 9.28. The zero-order chi connectivity index (χ0) is 18.9. The van der Waals surface area contributed by atoms with Gasteiger partial charge in [-0.25, -0.2) is 0 Å². The Hall–Kier alpha value is -2.57. The van der Waals surface area contributed by atoms with E-state index in [2.05, 4.69) is 34.8 Å². The lowest BCUT2D eigenvalue weighted by Gasteiger charge is -2.26. The zero-order valence-corrected chi connectivity index (χ0v) is 15.8. The van der Waals surface area contributed by atoms with Crippen molar-refractivity contribution in [3.05, 3.63) is 35.4 Å². The topological polar surface area (TPSA) is 85.8 Å². The Bertz CT molecular complexity index is 640. The first kappa shape index (κ1) is 19.8. The molecule has 1 saturated heterocycles. The predicted molar refractivity (Wildman–Crippen MR) is 103 cm³/mol. The molecule has 0 aromatic heterocycles. The third-order valence-electron chi connectivity index (χ3n) is 4.22. The van der Waals surface area contributed by atoms with Gasteiger partial charge in [-0.15, -0.1) is 0 Å². The van der Waals surface area contributed by atoms with E-state index in [0.717, 1.165) is 24.5 Å². The van der Waals surface area contributed by atoms with Crippen LogP contribution in [0.3, 0.4) is 0 Å². The molecule has 0 unspecified atom stereocenters. The van der Waals surface area contributed by atoms with Gasteiger partial charge in [0.25, 0.3) is 5.91 Å². The van der Waals surface area contributed by atoms with E-state index in [9.17, 15) is 9.59 Å². The van der Waals surface area contributed by atoms with Crippen LogP contribution in [-0.2, 0) is 11.3 Å². The van der Waals surface area contributed by atoms with Gasteiger partial charge in [-0.3, -0.25) is 14.6 Å². The minimum atomic E-state index is -0.109. The van der Waals surface area contributed by atoms with Crippen molar-refractivity contribution in [2.75, 3.05) is 33.2 Å². The standard InChI is InChI=1S/C19H29N5O2/c1-14(2)8-9-22-19(20-3)23-12-15-4-6-16(7-5-15)18(26)24-11-10-21-17(25)13-24/h4-7,14H,8-13H2,1-3H3,(H,21,25)(H2,20,22,23). The number of nitrogens with one attached hydrogen (secondary N) is 3. The van der Waals surface area contributed by atoms with Crippen LogP contribution in [0.5, 0.6) is 0 Å². The van der Waals surface area contributed by atoms with Crippen LogP contribution in [0, 0.1) is 5.92 Å². The van der Waals surface area contributed by atoms with Crippen molar-refractivity contribution in [2.24, 2.45) is 10.9 Å². The number of hydrogen-bond acceptors (Lipinski definition) is 3. The summed E-state index contributed by atoms with van der Waals surface area (Å²) in [5.74, 6) is 1.20. The number of hydrogen-bond donors (Lipinski definition) is 3. The summed E-state index contributed by atoms with van der Waals surface area (Å²) in [4.78, 5) is 29.7. The molecule has 7 nitrogen and oxygen atoms in total. The van der Waals surface area contributed by atoms with Crippen LogP contribution < -0.4 is 16.0 Å². The summed E-state index contributed by atoms with van der Waals surface area (Å²) in [6.07, 6.45) is 1.09. The fraction of sp³-hybridized carbons (Fsp3) is 0.526. The summed E-state index contributed by atoms with van der Waals surface area (Å²) < 4.78 is 0. The van der Waals surface area contributed by atoms with Crippen molar-refractivity contribution >= 4 is 17.8 Å². The van der Waals surface area contributed by atoms with Gasteiger partial charge >= 0.3 is 0 Å². The van der Waals surface area contributed by atoms with Gasteiger partial charge in [0.2, 0.25) is 5.91 Å². The molecule has 0 spiro atoms. The average molecular weight is 359 g/mol. The molecular weight excluding hydrogens is 330 g/mol. The lowest BCUT2D eigenvalue weighted by atomic mass is 10.1. The van der Waals surface area contributed by atoms with E-state index < -0.39 is 0 Å². The van der Waals surface area contributed by atoms with E-state index in [0.29, 0.717) is 31.1 Å². The van der Waals surface area contributed by atoms with Gasteiger partial charge in [-0.1, -0.05) is 26.0 Å². The number of amides is 2. The Morgan fingerprint density at radius 2 is 2.00 bits per heavy atom. The Morgan fingerprint density at radius 1 is 1.27 bits per heavy atom. The van der Waals surface area contributed by atoms with Crippen LogP contribution in [0.2, 0.25) is 0 Å². The number of carbonyl (C=O) groups is 2. The molecule has 1 aromatic carbocycles. The molecule has 7 heteroatoms. The molecule has 26 heavy (non-hydrogen) atoms. The maximum atomic E-state index is 12.4. The first-order chi connectivity index (χ1) is 12.5. The van der Waals surface area contributed by atoms with Crippen molar-refractivity contribution < 1.29 is 9.59 Å². The van der Waals surface area contributed by atoms with Gasteiger partial charge in [0, 0.05) is 38.8 Å². The van der Waals surface area contributed by atoms with Gasteiger partial charge < -0.3 is 20.9 Å². The molecule has 1 aromatic rings. The lowest BCUT2D eigenvalue weighted by molar-refractivity contribution is -0.123. The number of benzene rings is 1. The first-order valence-corrected chi connectivity index (χ1v) is 9.09. The second-order valence-electron chi connectivity index (χ2n) is 6.81. The van der Waals surface area contributed by atoms with E-state index in [1.54, 1.807) is 24.1 Å². The number of rotatable bonds is 6. The fourth-order valence-corrected chi connectivity index (χ4v) is 2.65. The SMILES string of the molecule is CN=C(NCCC(C)C)NCc1ccc(C(=O)N2CCNC(=O)C2)cc1. The minimum Gasteiger partial charge on any atom is -0.356 e.